The number of aromatic nitrogens is 2. The van der Waals surface area contributed by atoms with Crippen molar-refractivity contribution in [3.05, 3.63) is 54.4 Å². The van der Waals surface area contributed by atoms with E-state index in [1.807, 2.05) is 42.2 Å². The van der Waals surface area contributed by atoms with Gasteiger partial charge in [-0.2, -0.15) is 0 Å². The Hall–Kier alpha value is -3.39. The number of rotatable bonds is 8. The number of morpholine rings is 1. The van der Waals surface area contributed by atoms with E-state index in [0.717, 1.165) is 16.7 Å². The molecule has 0 unspecified atom stereocenters. The third kappa shape index (κ3) is 5.08. The van der Waals surface area contributed by atoms with Gasteiger partial charge in [0.15, 0.2) is 11.5 Å². The highest BCUT2D eigenvalue weighted by atomic mass is 16.5. The van der Waals surface area contributed by atoms with Crippen LogP contribution in [-0.2, 0) is 9.53 Å². The smallest absolute Gasteiger partial charge is 0.320 e. The van der Waals surface area contributed by atoms with Crippen LogP contribution < -0.4 is 14.8 Å². The lowest BCUT2D eigenvalue weighted by Gasteiger charge is -2.29. The number of carbonyl (C=O) groups is 1. The molecule has 3 aromatic rings. The molecular formula is C24H28N4O4. The van der Waals surface area contributed by atoms with Crippen molar-refractivity contribution in [3.8, 4) is 11.5 Å². The van der Waals surface area contributed by atoms with Gasteiger partial charge < -0.3 is 19.5 Å². The van der Waals surface area contributed by atoms with Gasteiger partial charge in [-0.1, -0.05) is 30.3 Å². The normalized spacial score (nSPS) is 17.6. The van der Waals surface area contributed by atoms with Crippen LogP contribution in [0.15, 0.2) is 48.8 Å². The summed E-state index contributed by atoms with van der Waals surface area (Å²) in [6.07, 6.45) is 1.43. The minimum atomic E-state index is -0.201. The molecule has 0 spiro atoms. The van der Waals surface area contributed by atoms with Crippen LogP contribution in [-0.4, -0.2) is 60.3 Å². The summed E-state index contributed by atoms with van der Waals surface area (Å²) in [6.45, 7) is 5.99. The molecule has 0 amide bonds. The molecule has 168 valence electrons. The molecule has 1 aromatic heterocycles. The van der Waals surface area contributed by atoms with Gasteiger partial charge in [0.05, 0.1) is 19.2 Å². The van der Waals surface area contributed by atoms with Gasteiger partial charge in [0.25, 0.3) is 0 Å². The van der Waals surface area contributed by atoms with Crippen molar-refractivity contribution in [3.63, 3.8) is 0 Å². The lowest BCUT2D eigenvalue weighted by atomic mass is 10.1. The second-order valence-electron chi connectivity index (χ2n) is 7.90. The molecular weight excluding hydrogens is 408 g/mol. The Kier molecular flexibility index (Phi) is 6.70. The topological polar surface area (TPSA) is 85.8 Å². The van der Waals surface area contributed by atoms with E-state index in [4.69, 9.17) is 14.2 Å². The first kappa shape index (κ1) is 21.8. The molecule has 0 bridgehead atoms. The van der Waals surface area contributed by atoms with Crippen LogP contribution in [0.4, 0.5) is 5.82 Å². The van der Waals surface area contributed by atoms with Crippen molar-refractivity contribution in [1.82, 2.24) is 14.9 Å². The van der Waals surface area contributed by atoms with Gasteiger partial charge in [-0.15, -0.1) is 0 Å². The van der Waals surface area contributed by atoms with Gasteiger partial charge in [-0.25, -0.2) is 9.97 Å². The van der Waals surface area contributed by atoms with Gasteiger partial charge in [0.2, 0.25) is 0 Å². The summed E-state index contributed by atoms with van der Waals surface area (Å²) in [5, 5.41) is 4.32. The summed E-state index contributed by atoms with van der Waals surface area (Å²) in [4.78, 5) is 22.5. The average molecular weight is 437 g/mol. The number of ether oxygens (including phenoxy) is 3. The highest BCUT2D eigenvalue weighted by Crippen LogP contribution is 2.34. The molecule has 1 aliphatic rings. The minimum absolute atomic E-state index is 0.0709. The summed E-state index contributed by atoms with van der Waals surface area (Å²) in [7, 11) is 1.61. The van der Waals surface area contributed by atoms with Crippen LogP contribution >= 0.6 is 0 Å². The quantitative estimate of drug-likeness (QED) is 0.538. The summed E-state index contributed by atoms with van der Waals surface area (Å²) in [5.41, 5.74) is 1.93. The van der Waals surface area contributed by atoms with E-state index in [0.29, 0.717) is 31.2 Å². The number of nitrogens with one attached hydrogen (secondary N) is 1. The zero-order valence-corrected chi connectivity index (χ0v) is 18.6. The summed E-state index contributed by atoms with van der Waals surface area (Å²) >= 11 is 0. The number of fused-ring (bicyclic) bond motifs is 1. The number of hydrogen-bond acceptors (Lipinski definition) is 8. The van der Waals surface area contributed by atoms with Crippen LogP contribution in [0.5, 0.6) is 11.5 Å². The molecule has 8 heteroatoms. The maximum atomic E-state index is 11.6. The molecule has 2 atom stereocenters. The molecule has 8 nitrogen and oxygen atoms in total. The van der Waals surface area contributed by atoms with Crippen molar-refractivity contribution in [1.29, 1.82) is 0 Å². The molecule has 1 N–H and O–H groups in total. The molecule has 4 rings (SSSR count). The Morgan fingerprint density at radius 2 is 2.03 bits per heavy atom. The monoisotopic (exact) mass is 436 g/mol. The molecule has 2 aromatic carbocycles. The maximum Gasteiger partial charge on any atom is 0.320 e. The lowest BCUT2D eigenvalue weighted by molar-refractivity contribution is -0.157. The number of anilines is 1. The fourth-order valence-electron chi connectivity index (χ4n) is 3.85. The van der Waals surface area contributed by atoms with Gasteiger partial charge in [-0.3, -0.25) is 9.69 Å². The number of cyclic esters (lactones) is 1. The van der Waals surface area contributed by atoms with E-state index >= 15 is 0 Å². The van der Waals surface area contributed by atoms with Crippen molar-refractivity contribution in [2.75, 3.05) is 38.7 Å². The molecule has 1 fully saturated rings. The molecule has 2 heterocycles. The molecule has 0 radical (unpaired) electrons. The van der Waals surface area contributed by atoms with Gasteiger partial charge >= 0.3 is 5.97 Å². The van der Waals surface area contributed by atoms with E-state index in [1.165, 1.54) is 5.56 Å². The van der Waals surface area contributed by atoms with E-state index < -0.39 is 0 Å². The van der Waals surface area contributed by atoms with Gasteiger partial charge in [-0.05, 0) is 25.5 Å². The predicted octanol–water partition coefficient (Wildman–Crippen LogP) is 3.44. The Bertz CT molecular complexity index is 1080. The first-order chi connectivity index (χ1) is 15.5. The molecule has 1 aliphatic heterocycles. The van der Waals surface area contributed by atoms with Crippen molar-refractivity contribution < 1.29 is 19.0 Å². The third-order valence-electron chi connectivity index (χ3n) is 5.44. The Morgan fingerprint density at radius 3 is 2.78 bits per heavy atom. The van der Waals surface area contributed by atoms with Crippen LogP contribution in [0.1, 0.15) is 25.5 Å². The fraction of sp³-hybridized carbons (Fsp3) is 0.375. The predicted molar refractivity (Wildman–Crippen MR) is 122 cm³/mol. The highest BCUT2D eigenvalue weighted by Gasteiger charge is 2.23. The molecule has 32 heavy (non-hydrogen) atoms. The third-order valence-corrected chi connectivity index (χ3v) is 5.44. The van der Waals surface area contributed by atoms with Crippen LogP contribution in [0.3, 0.4) is 0 Å². The number of nitrogens with zero attached hydrogens (tertiary/aromatic N) is 3. The van der Waals surface area contributed by atoms with E-state index in [9.17, 15) is 4.79 Å². The second-order valence-corrected chi connectivity index (χ2v) is 7.90. The second kappa shape index (κ2) is 9.82. The largest absolute Gasteiger partial charge is 0.493 e. The maximum absolute atomic E-state index is 11.6. The first-order valence-corrected chi connectivity index (χ1v) is 10.7. The van der Waals surface area contributed by atoms with Crippen molar-refractivity contribution >= 4 is 22.7 Å². The lowest BCUT2D eigenvalue weighted by Crippen LogP contribution is -2.45. The summed E-state index contributed by atoms with van der Waals surface area (Å²) in [6, 6.07) is 14.0. The fourth-order valence-corrected chi connectivity index (χ4v) is 3.85. The number of methoxy groups -OCH3 is 1. The zero-order chi connectivity index (χ0) is 22.5. The van der Waals surface area contributed by atoms with Crippen LogP contribution in [0.25, 0.3) is 10.9 Å². The molecule has 0 aliphatic carbocycles. The summed E-state index contributed by atoms with van der Waals surface area (Å²) in [5.74, 6) is 1.74. The van der Waals surface area contributed by atoms with E-state index in [2.05, 4.69) is 34.3 Å². The number of esters is 1. The number of hydrogen-bond donors (Lipinski definition) is 1. The van der Waals surface area contributed by atoms with Crippen LogP contribution in [0, 0.1) is 0 Å². The minimum Gasteiger partial charge on any atom is -0.493 e. The van der Waals surface area contributed by atoms with Crippen molar-refractivity contribution in [2.24, 2.45) is 0 Å². The Balaban J connectivity index is 1.52. The first-order valence-electron chi connectivity index (χ1n) is 10.7. The summed E-state index contributed by atoms with van der Waals surface area (Å²) < 4.78 is 16.8. The Labute approximate surface area is 187 Å². The molecule has 1 saturated heterocycles. The standard InChI is InChI=1S/C24H28N4O4/c1-16-13-28(14-23(29)32-16)9-10-31-22-11-19-20(12-21(22)30-3)25-15-26-24(19)27-17(2)18-7-5-4-6-8-18/h4-8,11-12,15-17H,9-10,13-14H2,1-3H3,(H,25,26,27)/t16-,17-/m1/s1. The van der Waals surface area contributed by atoms with Crippen molar-refractivity contribution in [2.45, 2.75) is 26.0 Å². The SMILES string of the molecule is COc1cc2ncnc(N[C@H](C)c3ccccc3)c2cc1OCCN1CC(=O)O[C@H](C)C1. The van der Waals surface area contributed by atoms with Gasteiger partial charge in [0, 0.05) is 30.6 Å². The average Bonchev–Trinajstić information content (AvgIpc) is 2.79. The van der Waals surface area contributed by atoms with Gasteiger partial charge in [0.1, 0.15) is 24.9 Å². The number of carbonyl (C=O) groups excluding carboxylic acids is 1. The number of benzene rings is 2. The van der Waals surface area contributed by atoms with Crippen LogP contribution in [0.2, 0.25) is 0 Å². The van der Waals surface area contributed by atoms with E-state index in [-0.39, 0.29) is 24.7 Å². The van der Waals surface area contributed by atoms with E-state index in [1.54, 1.807) is 13.4 Å². The Morgan fingerprint density at radius 1 is 1.22 bits per heavy atom. The zero-order valence-electron chi connectivity index (χ0n) is 18.6. The highest BCUT2D eigenvalue weighted by molar-refractivity contribution is 5.91. The molecule has 0 saturated carbocycles.